The van der Waals surface area contributed by atoms with Gasteiger partial charge in [0.25, 0.3) is 0 Å². The van der Waals surface area contributed by atoms with E-state index in [4.69, 9.17) is 0 Å². The summed E-state index contributed by atoms with van der Waals surface area (Å²) in [5.74, 6) is -2.47. The SMILES string of the molecule is FC1(F)CCC(n2cnc3ccccc32)CC1. The Hall–Kier alpha value is -1.45. The van der Waals surface area contributed by atoms with E-state index < -0.39 is 5.92 Å². The van der Waals surface area contributed by atoms with Gasteiger partial charge in [0.15, 0.2) is 0 Å². The summed E-state index contributed by atoms with van der Waals surface area (Å²) in [5, 5.41) is 0. The fourth-order valence-corrected chi connectivity index (χ4v) is 2.57. The summed E-state index contributed by atoms with van der Waals surface area (Å²) in [7, 11) is 0. The summed E-state index contributed by atoms with van der Waals surface area (Å²) in [4.78, 5) is 4.31. The third-order valence-corrected chi connectivity index (χ3v) is 3.56. The lowest BCUT2D eigenvalue weighted by Gasteiger charge is -2.29. The van der Waals surface area contributed by atoms with Crippen LogP contribution in [0, 0.1) is 0 Å². The molecule has 2 aromatic rings. The number of fused-ring (bicyclic) bond motifs is 1. The van der Waals surface area contributed by atoms with Gasteiger partial charge in [-0.05, 0) is 25.0 Å². The summed E-state index contributed by atoms with van der Waals surface area (Å²) < 4.78 is 28.3. The Morgan fingerprint density at radius 3 is 2.65 bits per heavy atom. The first-order chi connectivity index (χ1) is 8.16. The van der Waals surface area contributed by atoms with Crippen LogP contribution in [0.4, 0.5) is 8.78 Å². The summed E-state index contributed by atoms with van der Waals surface area (Å²) in [6.45, 7) is 0. The third kappa shape index (κ3) is 1.92. The van der Waals surface area contributed by atoms with Crippen LogP contribution in [0.5, 0.6) is 0 Å². The van der Waals surface area contributed by atoms with Crippen LogP contribution in [0.15, 0.2) is 30.6 Å². The first-order valence-electron chi connectivity index (χ1n) is 5.95. The molecule has 2 nitrogen and oxygen atoms in total. The Balaban J connectivity index is 1.90. The van der Waals surface area contributed by atoms with Gasteiger partial charge < -0.3 is 4.57 Å². The second-order valence-corrected chi connectivity index (χ2v) is 4.73. The van der Waals surface area contributed by atoms with Gasteiger partial charge in [-0.3, -0.25) is 0 Å². The van der Waals surface area contributed by atoms with Crippen LogP contribution >= 0.6 is 0 Å². The highest BCUT2D eigenvalue weighted by molar-refractivity contribution is 5.75. The van der Waals surface area contributed by atoms with Crippen LogP contribution < -0.4 is 0 Å². The minimum atomic E-state index is -2.47. The van der Waals surface area contributed by atoms with Crippen molar-refractivity contribution in [3.05, 3.63) is 30.6 Å². The lowest BCUT2D eigenvalue weighted by molar-refractivity contribution is -0.0436. The molecule has 0 saturated heterocycles. The minimum absolute atomic E-state index is 0.00975. The van der Waals surface area contributed by atoms with Crippen molar-refractivity contribution in [3.8, 4) is 0 Å². The number of hydrogen-bond acceptors (Lipinski definition) is 1. The smallest absolute Gasteiger partial charge is 0.248 e. The van der Waals surface area contributed by atoms with Gasteiger partial charge in [-0.1, -0.05) is 12.1 Å². The molecular formula is C13H14F2N2. The first-order valence-corrected chi connectivity index (χ1v) is 5.95. The van der Waals surface area contributed by atoms with Crippen molar-refractivity contribution in [3.63, 3.8) is 0 Å². The van der Waals surface area contributed by atoms with Crippen LogP contribution in [-0.4, -0.2) is 15.5 Å². The average Bonchev–Trinajstić information content (AvgIpc) is 2.73. The molecule has 0 radical (unpaired) electrons. The van der Waals surface area contributed by atoms with E-state index >= 15 is 0 Å². The maximum Gasteiger partial charge on any atom is 0.248 e. The highest BCUT2D eigenvalue weighted by Gasteiger charge is 2.35. The van der Waals surface area contributed by atoms with Gasteiger partial charge in [-0.15, -0.1) is 0 Å². The Kier molecular flexibility index (Phi) is 2.38. The molecule has 1 aromatic carbocycles. The Morgan fingerprint density at radius 1 is 1.18 bits per heavy atom. The molecule has 1 heterocycles. The summed E-state index contributed by atoms with van der Waals surface area (Å²) in [6, 6.07) is 8.01. The number of halogens is 2. The second-order valence-electron chi connectivity index (χ2n) is 4.73. The molecule has 90 valence electrons. The van der Waals surface area contributed by atoms with Gasteiger partial charge in [0.05, 0.1) is 17.4 Å². The molecule has 3 rings (SSSR count). The maximum absolute atomic E-state index is 13.1. The molecule has 0 unspecified atom stereocenters. The van der Waals surface area contributed by atoms with Gasteiger partial charge in [0.2, 0.25) is 5.92 Å². The Morgan fingerprint density at radius 2 is 1.88 bits per heavy atom. The molecule has 0 aliphatic heterocycles. The summed E-state index contributed by atoms with van der Waals surface area (Å²) in [5.41, 5.74) is 1.98. The molecule has 17 heavy (non-hydrogen) atoms. The van der Waals surface area contributed by atoms with Gasteiger partial charge in [-0.2, -0.15) is 0 Å². The molecule has 4 heteroatoms. The number of nitrogens with zero attached hydrogens (tertiary/aromatic N) is 2. The van der Waals surface area contributed by atoms with Crippen molar-refractivity contribution in [2.75, 3.05) is 0 Å². The van der Waals surface area contributed by atoms with E-state index in [1.807, 2.05) is 28.8 Å². The Bertz CT molecular complexity index is 523. The molecule has 0 atom stereocenters. The topological polar surface area (TPSA) is 17.8 Å². The van der Waals surface area contributed by atoms with E-state index in [9.17, 15) is 8.78 Å². The normalized spacial score (nSPS) is 20.8. The van der Waals surface area contributed by atoms with Gasteiger partial charge in [0.1, 0.15) is 0 Å². The minimum Gasteiger partial charge on any atom is -0.327 e. The second kappa shape index (κ2) is 3.79. The number of alkyl halides is 2. The molecule has 0 spiro atoms. The van der Waals surface area contributed by atoms with E-state index in [0.29, 0.717) is 12.8 Å². The molecule has 1 aliphatic rings. The standard InChI is InChI=1S/C13H14F2N2/c14-13(15)7-5-10(6-8-13)17-9-16-11-3-1-2-4-12(11)17/h1-4,9-10H,5-8H2. The molecule has 1 aromatic heterocycles. The highest BCUT2D eigenvalue weighted by Crippen LogP contribution is 2.39. The summed E-state index contributed by atoms with van der Waals surface area (Å²) >= 11 is 0. The zero-order chi connectivity index (χ0) is 11.9. The van der Waals surface area contributed by atoms with Crippen LogP contribution in [0.25, 0.3) is 11.0 Å². The number of rotatable bonds is 1. The Labute approximate surface area is 98.3 Å². The lowest BCUT2D eigenvalue weighted by Crippen LogP contribution is -2.26. The van der Waals surface area contributed by atoms with Gasteiger partial charge in [-0.25, -0.2) is 13.8 Å². The van der Waals surface area contributed by atoms with E-state index in [1.165, 1.54) is 0 Å². The first kappa shape index (κ1) is 10.7. The van der Waals surface area contributed by atoms with E-state index in [0.717, 1.165) is 11.0 Å². The van der Waals surface area contributed by atoms with Crippen LogP contribution in [0.2, 0.25) is 0 Å². The number of para-hydroxylation sites is 2. The average molecular weight is 236 g/mol. The van der Waals surface area contributed by atoms with Gasteiger partial charge in [0, 0.05) is 18.9 Å². The van der Waals surface area contributed by atoms with Crippen molar-refractivity contribution in [2.24, 2.45) is 0 Å². The third-order valence-electron chi connectivity index (χ3n) is 3.56. The fourth-order valence-electron chi connectivity index (χ4n) is 2.57. The van der Waals surface area contributed by atoms with Crippen molar-refractivity contribution in [1.29, 1.82) is 0 Å². The zero-order valence-electron chi connectivity index (χ0n) is 9.44. The molecular weight excluding hydrogens is 222 g/mol. The van der Waals surface area contributed by atoms with Gasteiger partial charge >= 0.3 is 0 Å². The van der Waals surface area contributed by atoms with Crippen molar-refractivity contribution >= 4 is 11.0 Å². The predicted molar refractivity (Wildman–Crippen MR) is 62.2 cm³/mol. The summed E-state index contributed by atoms with van der Waals surface area (Å²) in [6.07, 6.45) is 2.83. The molecule has 1 fully saturated rings. The quantitative estimate of drug-likeness (QED) is 0.736. The van der Waals surface area contributed by atoms with Crippen LogP contribution in [-0.2, 0) is 0 Å². The molecule has 1 saturated carbocycles. The molecule has 0 amide bonds. The molecule has 0 N–H and O–H groups in total. The van der Waals surface area contributed by atoms with Crippen LogP contribution in [0.1, 0.15) is 31.7 Å². The number of hydrogen-bond donors (Lipinski definition) is 0. The number of benzene rings is 1. The van der Waals surface area contributed by atoms with Crippen molar-refractivity contribution in [2.45, 2.75) is 37.6 Å². The fraction of sp³-hybridized carbons (Fsp3) is 0.462. The van der Waals surface area contributed by atoms with Crippen molar-refractivity contribution in [1.82, 2.24) is 9.55 Å². The predicted octanol–water partition coefficient (Wildman–Crippen LogP) is 3.79. The number of aromatic nitrogens is 2. The monoisotopic (exact) mass is 236 g/mol. The maximum atomic E-state index is 13.1. The largest absolute Gasteiger partial charge is 0.327 e. The number of imidazole rings is 1. The van der Waals surface area contributed by atoms with E-state index in [2.05, 4.69) is 4.98 Å². The zero-order valence-corrected chi connectivity index (χ0v) is 9.44. The van der Waals surface area contributed by atoms with E-state index in [-0.39, 0.29) is 18.9 Å². The highest BCUT2D eigenvalue weighted by atomic mass is 19.3. The lowest BCUT2D eigenvalue weighted by atomic mass is 9.92. The molecule has 1 aliphatic carbocycles. The van der Waals surface area contributed by atoms with Crippen molar-refractivity contribution < 1.29 is 8.78 Å². The molecule has 0 bridgehead atoms. The van der Waals surface area contributed by atoms with E-state index in [1.54, 1.807) is 6.33 Å². The van der Waals surface area contributed by atoms with Crippen LogP contribution in [0.3, 0.4) is 0 Å².